The quantitative estimate of drug-likeness (QED) is 0.806. The first-order valence-electron chi connectivity index (χ1n) is 8.57. The van der Waals surface area contributed by atoms with Gasteiger partial charge in [0.2, 0.25) is 5.91 Å². The van der Waals surface area contributed by atoms with Crippen molar-refractivity contribution in [2.75, 3.05) is 26.6 Å². The van der Waals surface area contributed by atoms with E-state index in [0.717, 1.165) is 41.4 Å². The van der Waals surface area contributed by atoms with Crippen LogP contribution in [-0.2, 0) is 17.8 Å². The Labute approximate surface area is 157 Å². The maximum absolute atomic E-state index is 12.6. The summed E-state index contributed by atoms with van der Waals surface area (Å²) in [6.07, 6.45) is 0.929. The Morgan fingerprint density at radius 3 is 2.88 bits per heavy atom. The minimum Gasteiger partial charge on any atom is -0.497 e. The monoisotopic (exact) mass is 371 g/mol. The standard InChI is InChI=1S/C20H21NO4S/c1-23-16-4-6-17(24-2)15(10-16)11-21-19(22)12-26-20(21)14-3-5-18-13(9-14)7-8-25-18/h3-6,9-10,20H,7-8,11-12H2,1-2H3. The Bertz CT molecular complexity index is 839. The molecule has 0 radical (unpaired) electrons. The highest BCUT2D eigenvalue weighted by atomic mass is 32.2. The lowest BCUT2D eigenvalue weighted by molar-refractivity contribution is -0.128. The minimum absolute atomic E-state index is 0.00399. The molecule has 2 aliphatic heterocycles. The molecule has 4 rings (SSSR count). The molecule has 1 atom stereocenters. The minimum atomic E-state index is 0.00399. The highest BCUT2D eigenvalue weighted by Crippen LogP contribution is 2.42. The third-order valence-corrected chi connectivity index (χ3v) is 6.05. The van der Waals surface area contributed by atoms with Gasteiger partial charge in [-0.15, -0.1) is 11.8 Å². The summed E-state index contributed by atoms with van der Waals surface area (Å²) in [5.41, 5.74) is 3.31. The third kappa shape index (κ3) is 3.09. The van der Waals surface area contributed by atoms with Crippen molar-refractivity contribution in [1.82, 2.24) is 4.90 Å². The van der Waals surface area contributed by atoms with Crippen LogP contribution in [0.5, 0.6) is 17.2 Å². The number of thioether (sulfide) groups is 1. The lowest BCUT2D eigenvalue weighted by Crippen LogP contribution is -2.28. The van der Waals surface area contributed by atoms with Gasteiger partial charge in [0.15, 0.2) is 0 Å². The second kappa shape index (κ2) is 7.11. The summed E-state index contributed by atoms with van der Waals surface area (Å²) in [7, 11) is 3.28. The van der Waals surface area contributed by atoms with E-state index in [1.165, 1.54) is 5.56 Å². The van der Waals surface area contributed by atoms with Crippen molar-refractivity contribution in [1.29, 1.82) is 0 Å². The number of carbonyl (C=O) groups excluding carboxylic acids is 1. The summed E-state index contributed by atoms with van der Waals surface area (Å²) in [6.45, 7) is 1.23. The maximum atomic E-state index is 12.6. The molecule has 0 spiro atoms. The van der Waals surface area contributed by atoms with Crippen LogP contribution in [0.1, 0.15) is 22.1 Å². The van der Waals surface area contributed by atoms with E-state index in [1.807, 2.05) is 29.2 Å². The predicted octanol–water partition coefficient (Wildman–Crippen LogP) is 3.41. The molecular weight excluding hydrogens is 350 g/mol. The summed E-state index contributed by atoms with van der Waals surface area (Å²) in [6, 6.07) is 11.9. The molecule has 2 heterocycles. The SMILES string of the molecule is COc1ccc(OC)c(CN2C(=O)CSC2c2ccc3c(c2)CCO3)c1. The zero-order valence-electron chi connectivity index (χ0n) is 14.9. The lowest BCUT2D eigenvalue weighted by Gasteiger charge is -2.25. The van der Waals surface area contributed by atoms with Crippen LogP contribution >= 0.6 is 11.8 Å². The van der Waals surface area contributed by atoms with Crippen molar-refractivity contribution in [3.8, 4) is 17.2 Å². The van der Waals surface area contributed by atoms with Gasteiger partial charge in [0, 0.05) is 12.0 Å². The molecule has 5 nitrogen and oxygen atoms in total. The van der Waals surface area contributed by atoms with Gasteiger partial charge in [-0.05, 0) is 41.5 Å². The Morgan fingerprint density at radius 1 is 1.19 bits per heavy atom. The van der Waals surface area contributed by atoms with E-state index in [4.69, 9.17) is 14.2 Å². The van der Waals surface area contributed by atoms with Gasteiger partial charge in [-0.2, -0.15) is 0 Å². The first kappa shape index (κ1) is 17.1. The van der Waals surface area contributed by atoms with Crippen LogP contribution in [0, 0.1) is 0 Å². The van der Waals surface area contributed by atoms with Crippen molar-refractivity contribution in [2.45, 2.75) is 18.3 Å². The largest absolute Gasteiger partial charge is 0.497 e. The number of amides is 1. The molecule has 0 aliphatic carbocycles. The summed E-state index contributed by atoms with van der Waals surface area (Å²) in [5.74, 6) is 3.11. The van der Waals surface area contributed by atoms with Crippen molar-refractivity contribution in [3.63, 3.8) is 0 Å². The van der Waals surface area contributed by atoms with Crippen LogP contribution in [0.3, 0.4) is 0 Å². The average molecular weight is 371 g/mol. The molecular formula is C20H21NO4S. The van der Waals surface area contributed by atoms with Crippen LogP contribution in [0.15, 0.2) is 36.4 Å². The van der Waals surface area contributed by atoms with Gasteiger partial charge in [0.25, 0.3) is 0 Å². The molecule has 0 bridgehead atoms. The summed E-state index contributed by atoms with van der Waals surface area (Å²) >= 11 is 1.66. The second-order valence-electron chi connectivity index (χ2n) is 6.33. The molecule has 2 aromatic rings. The fourth-order valence-corrected chi connectivity index (χ4v) is 4.63. The Balaban J connectivity index is 1.63. The van der Waals surface area contributed by atoms with Crippen LogP contribution in [0.2, 0.25) is 0 Å². The van der Waals surface area contributed by atoms with Gasteiger partial charge >= 0.3 is 0 Å². The van der Waals surface area contributed by atoms with Crippen LogP contribution in [-0.4, -0.2) is 37.4 Å². The summed E-state index contributed by atoms with van der Waals surface area (Å²) in [5, 5.41) is 0.00399. The van der Waals surface area contributed by atoms with E-state index >= 15 is 0 Å². The molecule has 1 unspecified atom stereocenters. The predicted molar refractivity (Wildman–Crippen MR) is 101 cm³/mol. The van der Waals surface area contributed by atoms with Crippen LogP contribution in [0.4, 0.5) is 0 Å². The molecule has 136 valence electrons. The fourth-order valence-electron chi connectivity index (χ4n) is 3.45. The zero-order chi connectivity index (χ0) is 18.1. The number of hydrogen-bond donors (Lipinski definition) is 0. The molecule has 26 heavy (non-hydrogen) atoms. The summed E-state index contributed by atoms with van der Waals surface area (Å²) in [4.78, 5) is 14.5. The van der Waals surface area contributed by atoms with E-state index < -0.39 is 0 Å². The van der Waals surface area contributed by atoms with E-state index in [2.05, 4.69) is 12.1 Å². The lowest BCUT2D eigenvalue weighted by atomic mass is 10.1. The highest BCUT2D eigenvalue weighted by Gasteiger charge is 2.34. The van der Waals surface area contributed by atoms with E-state index in [9.17, 15) is 4.79 Å². The van der Waals surface area contributed by atoms with Crippen molar-refractivity contribution < 1.29 is 19.0 Å². The number of benzene rings is 2. The number of methoxy groups -OCH3 is 2. The fraction of sp³-hybridized carbons (Fsp3) is 0.350. The maximum Gasteiger partial charge on any atom is 0.234 e. The van der Waals surface area contributed by atoms with Crippen molar-refractivity contribution in [2.24, 2.45) is 0 Å². The number of rotatable bonds is 5. The van der Waals surface area contributed by atoms with Gasteiger partial charge in [-0.3, -0.25) is 4.79 Å². The Hall–Kier alpha value is -2.34. The second-order valence-corrected chi connectivity index (χ2v) is 7.40. The van der Waals surface area contributed by atoms with E-state index in [0.29, 0.717) is 12.3 Å². The molecule has 1 saturated heterocycles. The number of fused-ring (bicyclic) bond motifs is 1. The normalized spacial score (nSPS) is 18.6. The van der Waals surface area contributed by atoms with Crippen LogP contribution < -0.4 is 14.2 Å². The average Bonchev–Trinajstić information content (AvgIpc) is 3.28. The van der Waals surface area contributed by atoms with E-state index in [-0.39, 0.29) is 11.3 Å². The summed E-state index contributed by atoms with van der Waals surface area (Å²) < 4.78 is 16.4. The molecule has 0 aromatic heterocycles. The molecule has 0 saturated carbocycles. The third-order valence-electron chi connectivity index (χ3n) is 4.80. The van der Waals surface area contributed by atoms with Gasteiger partial charge in [-0.1, -0.05) is 6.07 Å². The molecule has 0 N–H and O–H groups in total. The van der Waals surface area contributed by atoms with Gasteiger partial charge in [0.1, 0.15) is 22.6 Å². The topological polar surface area (TPSA) is 48.0 Å². The first-order chi connectivity index (χ1) is 12.7. The van der Waals surface area contributed by atoms with Crippen molar-refractivity contribution in [3.05, 3.63) is 53.1 Å². The van der Waals surface area contributed by atoms with Crippen molar-refractivity contribution >= 4 is 17.7 Å². The number of hydrogen-bond acceptors (Lipinski definition) is 5. The molecule has 2 aliphatic rings. The Kier molecular flexibility index (Phi) is 4.68. The zero-order valence-corrected chi connectivity index (χ0v) is 15.7. The highest BCUT2D eigenvalue weighted by molar-refractivity contribution is 8.00. The van der Waals surface area contributed by atoms with E-state index in [1.54, 1.807) is 26.0 Å². The molecule has 1 amide bonds. The first-order valence-corrected chi connectivity index (χ1v) is 9.62. The molecule has 2 aromatic carbocycles. The number of nitrogens with zero attached hydrogens (tertiary/aromatic N) is 1. The molecule has 6 heteroatoms. The number of carbonyl (C=O) groups is 1. The van der Waals surface area contributed by atoms with Gasteiger partial charge < -0.3 is 19.1 Å². The smallest absolute Gasteiger partial charge is 0.234 e. The molecule has 1 fully saturated rings. The van der Waals surface area contributed by atoms with Gasteiger partial charge in [-0.25, -0.2) is 0 Å². The number of ether oxygens (including phenoxy) is 3. The van der Waals surface area contributed by atoms with Gasteiger partial charge in [0.05, 0.1) is 33.1 Å². The Morgan fingerprint density at radius 2 is 2.08 bits per heavy atom. The van der Waals surface area contributed by atoms with Crippen LogP contribution in [0.25, 0.3) is 0 Å².